The first-order chi connectivity index (χ1) is 11.5. The fourth-order valence-corrected chi connectivity index (χ4v) is 1.99. The summed E-state index contributed by atoms with van der Waals surface area (Å²) in [5.74, 6) is -0.675. The van der Waals surface area contributed by atoms with Crippen LogP contribution in [-0.4, -0.2) is 11.7 Å². The SMILES string of the molecule is CC(=O)c1cccc(NC(=O)/C(C#N)=C\Nc2ccc(Cl)cc2)c1. The maximum absolute atomic E-state index is 12.2. The number of rotatable bonds is 5. The molecule has 0 fully saturated rings. The van der Waals surface area contributed by atoms with Gasteiger partial charge < -0.3 is 10.6 Å². The predicted molar refractivity (Wildman–Crippen MR) is 93.8 cm³/mol. The van der Waals surface area contributed by atoms with Crippen molar-refractivity contribution in [3.05, 3.63) is 70.9 Å². The number of hydrogen-bond donors (Lipinski definition) is 2. The van der Waals surface area contributed by atoms with E-state index < -0.39 is 5.91 Å². The highest BCUT2D eigenvalue weighted by Gasteiger charge is 2.10. The summed E-state index contributed by atoms with van der Waals surface area (Å²) in [5, 5.41) is 15.2. The van der Waals surface area contributed by atoms with E-state index in [1.807, 2.05) is 6.07 Å². The van der Waals surface area contributed by atoms with Crippen molar-refractivity contribution in [2.75, 3.05) is 10.6 Å². The van der Waals surface area contributed by atoms with Gasteiger partial charge in [0, 0.05) is 28.2 Å². The van der Waals surface area contributed by atoms with Crippen molar-refractivity contribution in [1.82, 2.24) is 0 Å². The summed E-state index contributed by atoms with van der Waals surface area (Å²) in [6.07, 6.45) is 1.31. The Balaban J connectivity index is 2.10. The lowest BCUT2D eigenvalue weighted by molar-refractivity contribution is -0.112. The molecule has 0 aromatic heterocycles. The third kappa shape index (κ3) is 4.70. The zero-order valence-corrected chi connectivity index (χ0v) is 13.6. The van der Waals surface area contributed by atoms with Crippen molar-refractivity contribution in [3.8, 4) is 6.07 Å². The number of nitriles is 1. The van der Waals surface area contributed by atoms with E-state index in [4.69, 9.17) is 16.9 Å². The molecule has 2 N–H and O–H groups in total. The second-order valence-corrected chi connectivity index (χ2v) is 5.35. The molecule has 0 unspecified atom stereocenters. The van der Waals surface area contributed by atoms with Gasteiger partial charge in [-0.2, -0.15) is 5.26 Å². The molecule has 0 bridgehead atoms. The summed E-state index contributed by atoms with van der Waals surface area (Å²) >= 11 is 5.79. The Morgan fingerprint density at radius 3 is 2.46 bits per heavy atom. The third-order valence-corrected chi connectivity index (χ3v) is 3.37. The molecule has 5 nitrogen and oxygen atoms in total. The summed E-state index contributed by atoms with van der Waals surface area (Å²) in [5.41, 5.74) is 1.52. The quantitative estimate of drug-likeness (QED) is 0.490. The molecule has 2 aromatic carbocycles. The summed E-state index contributed by atoms with van der Waals surface area (Å²) < 4.78 is 0. The summed E-state index contributed by atoms with van der Waals surface area (Å²) in [7, 11) is 0. The molecule has 0 radical (unpaired) electrons. The van der Waals surface area contributed by atoms with Crippen molar-refractivity contribution < 1.29 is 9.59 Å². The van der Waals surface area contributed by atoms with Crippen molar-refractivity contribution in [3.63, 3.8) is 0 Å². The van der Waals surface area contributed by atoms with Crippen LogP contribution in [0.25, 0.3) is 0 Å². The van der Waals surface area contributed by atoms with Crippen molar-refractivity contribution in [2.45, 2.75) is 6.92 Å². The fourth-order valence-electron chi connectivity index (χ4n) is 1.86. The number of benzene rings is 2. The Hall–Kier alpha value is -3.10. The Morgan fingerprint density at radius 1 is 1.12 bits per heavy atom. The van der Waals surface area contributed by atoms with Gasteiger partial charge in [0.2, 0.25) is 0 Å². The van der Waals surface area contributed by atoms with Gasteiger partial charge in [-0.05, 0) is 43.3 Å². The van der Waals surface area contributed by atoms with Crippen LogP contribution in [-0.2, 0) is 4.79 Å². The number of halogens is 1. The summed E-state index contributed by atoms with van der Waals surface area (Å²) in [6.45, 7) is 1.44. The largest absolute Gasteiger partial charge is 0.360 e. The monoisotopic (exact) mass is 339 g/mol. The van der Waals surface area contributed by atoms with E-state index in [0.717, 1.165) is 0 Å². The van der Waals surface area contributed by atoms with Crippen LogP contribution < -0.4 is 10.6 Å². The maximum atomic E-state index is 12.2. The van der Waals surface area contributed by atoms with Crippen LogP contribution in [0.2, 0.25) is 5.02 Å². The Labute approximate surface area is 144 Å². The highest BCUT2D eigenvalue weighted by Crippen LogP contribution is 2.15. The summed E-state index contributed by atoms with van der Waals surface area (Å²) in [6, 6.07) is 15.2. The van der Waals surface area contributed by atoms with E-state index in [2.05, 4.69) is 10.6 Å². The first-order valence-corrected chi connectivity index (χ1v) is 7.42. The number of nitrogens with zero attached hydrogens (tertiary/aromatic N) is 1. The zero-order valence-electron chi connectivity index (χ0n) is 12.8. The van der Waals surface area contributed by atoms with E-state index in [9.17, 15) is 9.59 Å². The average molecular weight is 340 g/mol. The molecular formula is C18H14ClN3O2. The van der Waals surface area contributed by atoms with Gasteiger partial charge in [0.1, 0.15) is 11.6 Å². The topological polar surface area (TPSA) is 82.0 Å². The molecule has 0 aliphatic heterocycles. The molecule has 0 heterocycles. The van der Waals surface area contributed by atoms with Gasteiger partial charge >= 0.3 is 0 Å². The lowest BCUT2D eigenvalue weighted by atomic mass is 10.1. The normalized spacial score (nSPS) is 10.6. The second kappa shape index (κ2) is 7.95. The highest BCUT2D eigenvalue weighted by atomic mass is 35.5. The molecule has 0 saturated carbocycles. The van der Waals surface area contributed by atoms with E-state index in [-0.39, 0.29) is 11.4 Å². The van der Waals surface area contributed by atoms with E-state index >= 15 is 0 Å². The van der Waals surface area contributed by atoms with Gasteiger partial charge in [0.15, 0.2) is 5.78 Å². The molecule has 1 amide bonds. The van der Waals surface area contributed by atoms with Crippen LogP contribution in [0.1, 0.15) is 17.3 Å². The van der Waals surface area contributed by atoms with Gasteiger partial charge in [-0.3, -0.25) is 9.59 Å². The van der Waals surface area contributed by atoms with Gasteiger partial charge in [-0.1, -0.05) is 23.7 Å². The van der Waals surface area contributed by atoms with Gasteiger partial charge in [0.05, 0.1) is 0 Å². The Morgan fingerprint density at radius 2 is 1.83 bits per heavy atom. The molecule has 0 aliphatic rings. The lowest BCUT2D eigenvalue weighted by Crippen LogP contribution is -2.14. The molecule has 0 atom stereocenters. The van der Waals surface area contributed by atoms with Crippen LogP contribution in [0.15, 0.2) is 60.3 Å². The van der Waals surface area contributed by atoms with Crippen LogP contribution in [0, 0.1) is 11.3 Å². The smallest absolute Gasteiger partial charge is 0.267 e. The first-order valence-electron chi connectivity index (χ1n) is 7.04. The molecule has 0 saturated heterocycles. The van der Waals surface area contributed by atoms with Crippen molar-refractivity contribution in [1.29, 1.82) is 5.26 Å². The molecule has 0 spiro atoms. The molecule has 24 heavy (non-hydrogen) atoms. The average Bonchev–Trinajstić information content (AvgIpc) is 2.57. The number of hydrogen-bond acceptors (Lipinski definition) is 4. The minimum absolute atomic E-state index is 0.0989. The van der Waals surface area contributed by atoms with E-state index in [1.165, 1.54) is 13.1 Å². The maximum Gasteiger partial charge on any atom is 0.267 e. The molecule has 6 heteroatoms. The number of Topliss-reactive ketones (excluding diaryl/α,β-unsaturated/α-hetero) is 1. The second-order valence-electron chi connectivity index (χ2n) is 4.91. The predicted octanol–water partition coefficient (Wildman–Crippen LogP) is 4.00. The van der Waals surface area contributed by atoms with Crippen LogP contribution in [0.3, 0.4) is 0 Å². The summed E-state index contributed by atoms with van der Waals surface area (Å²) in [4.78, 5) is 23.5. The number of nitrogens with one attached hydrogen (secondary N) is 2. The third-order valence-electron chi connectivity index (χ3n) is 3.12. The zero-order chi connectivity index (χ0) is 17.5. The standard InChI is InChI=1S/C18H14ClN3O2/c1-12(23)13-3-2-4-17(9-13)22-18(24)14(10-20)11-21-16-7-5-15(19)6-8-16/h2-9,11,21H,1H3,(H,22,24)/b14-11-. The number of carbonyl (C=O) groups excluding carboxylic acids is 2. The lowest BCUT2D eigenvalue weighted by Gasteiger charge is -2.06. The number of carbonyl (C=O) groups is 2. The van der Waals surface area contributed by atoms with Crippen molar-refractivity contribution in [2.24, 2.45) is 0 Å². The van der Waals surface area contributed by atoms with Gasteiger partial charge in [-0.15, -0.1) is 0 Å². The molecule has 2 aromatic rings. The fraction of sp³-hybridized carbons (Fsp3) is 0.0556. The molecule has 2 rings (SSSR count). The van der Waals surface area contributed by atoms with Crippen molar-refractivity contribution >= 4 is 34.7 Å². The Kier molecular flexibility index (Phi) is 5.72. The van der Waals surface area contributed by atoms with Crippen LogP contribution in [0.4, 0.5) is 11.4 Å². The number of ketones is 1. The molecular weight excluding hydrogens is 326 g/mol. The van der Waals surface area contributed by atoms with Gasteiger partial charge in [-0.25, -0.2) is 0 Å². The number of anilines is 2. The first kappa shape index (κ1) is 17.3. The van der Waals surface area contributed by atoms with E-state index in [1.54, 1.807) is 48.5 Å². The van der Waals surface area contributed by atoms with E-state index in [0.29, 0.717) is 22.0 Å². The molecule has 0 aliphatic carbocycles. The Bertz CT molecular complexity index is 836. The van der Waals surface area contributed by atoms with Crippen LogP contribution in [0.5, 0.6) is 0 Å². The molecule has 120 valence electrons. The van der Waals surface area contributed by atoms with Crippen LogP contribution >= 0.6 is 11.6 Å². The van der Waals surface area contributed by atoms with Gasteiger partial charge in [0.25, 0.3) is 5.91 Å². The highest BCUT2D eigenvalue weighted by molar-refractivity contribution is 6.30. The number of amides is 1. The minimum atomic E-state index is -0.570. The minimum Gasteiger partial charge on any atom is -0.360 e.